The summed E-state index contributed by atoms with van der Waals surface area (Å²) < 4.78 is 77.0. The van der Waals surface area contributed by atoms with Crippen LogP contribution >= 0.6 is 0 Å². The quantitative estimate of drug-likeness (QED) is 0.0538. The van der Waals surface area contributed by atoms with Gasteiger partial charge in [0.15, 0.2) is 44.0 Å². The number of carbonyl (C=O) groups is 3. The standard InChI is InChI=1S/C48H81N3O34/c1-11-24(59)32(67)35(70)45(74-11)84-40-34(69)27(62)17(7-53)79-47(40)83-39-29(64)19(9-55)80-48(41(39)85-46-36(71)33(68)25(60)12(2)75-46)82-37-22(50-14(4)57)42(72)76-20(30(37)65)10-73-43-23(51-15(5)58)38(28(63)18(8-54)77-43)81-44-21(49-13(3)56)31(66)26(61)16(6-52)78-44/h11-12,16-48,52-55,59-72H,6-10H2,1-5H3,(H,49,56)(H,50,57)(H,51,58)/t11-,12-,16+,17+,18+,19+,20+,21+,22+,23+,24+,25+,26+,27-,28+,29-,30-,31+,32+,33+,34-,35-,36-,37+,38+,39-,40+,41+,42?,43+,44-,45-,46-,47-,48-/m0/s1. The average Bonchev–Trinajstić information content (AvgIpc) is 3.62. The van der Waals surface area contributed by atoms with Gasteiger partial charge in [0, 0.05) is 20.8 Å². The lowest BCUT2D eigenvalue weighted by molar-refractivity contribution is -0.410. The normalized spacial score (nSPS) is 49.8. The third-order valence-electron chi connectivity index (χ3n) is 15.7. The first kappa shape index (κ1) is 69.6. The van der Waals surface area contributed by atoms with Crippen molar-refractivity contribution in [2.75, 3.05) is 33.0 Å². The molecule has 0 spiro atoms. The first-order valence-electron chi connectivity index (χ1n) is 27.3. The fraction of sp³-hybridized carbons (Fsp3) is 0.938. The molecule has 492 valence electrons. The molecule has 7 heterocycles. The minimum atomic E-state index is -2.24. The van der Waals surface area contributed by atoms with E-state index in [1.54, 1.807) is 0 Å². The van der Waals surface area contributed by atoms with E-state index in [9.17, 15) is 106 Å². The number of rotatable bonds is 20. The van der Waals surface area contributed by atoms with Crippen LogP contribution in [0.1, 0.15) is 34.6 Å². The molecule has 7 fully saturated rings. The molecule has 7 aliphatic rings. The second-order valence-corrected chi connectivity index (χ2v) is 21.8. The predicted molar refractivity (Wildman–Crippen MR) is 264 cm³/mol. The van der Waals surface area contributed by atoms with E-state index in [1.165, 1.54) is 13.8 Å². The number of carbonyl (C=O) groups excluding carboxylic acids is 3. The van der Waals surface area contributed by atoms with E-state index in [0.717, 1.165) is 20.8 Å². The maximum absolute atomic E-state index is 12.8. The highest BCUT2D eigenvalue weighted by Crippen LogP contribution is 2.38. The molecule has 21 N–H and O–H groups in total. The zero-order valence-corrected chi connectivity index (χ0v) is 46.3. The highest BCUT2D eigenvalue weighted by atomic mass is 16.8. The molecule has 3 amide bonds. The van der Waals surface area contributed by atoms with E-state index in [-0.39, 0.29) is 0 Å². The Hall–Kier alpha value is -2.83. The van der Waals surface area contributed by atoms with Gasteiger partial charge in [-0.1, -0.05) is 0 Å². The Morgan fingerprint density at radius 3 is 1.20 bits per heavy atom. The maximum atomic E-state index is 12.8. The van der Waals surface area contributed by atoms with Gasteiger partial charge in [-0.25, -0.2) is 0 Å². The number of hydrogen-bond acceptors (Lipinski definition) is 34. The van der Waals surface area contributed by atoms with Crippen LogP contribution in [-0.4, -0.2) is 357 Å². The van der Waals surface area contributed by atoms with Crippen LogP contribution < -0.4 is 16.0 Å². The predicted octanol–water partition coefficient (Wildman–Crippen LogP) is -13.8. The van der Waals surface area contributed by atoms with E-state index in [2.05, 4.69) is 16.0 Å². The third kappa shape index (κ3) is 15.3. The summed E-state index contributed by atoms with van der Waals surface area (Å²) in [6.45, 7) is 0.713. The van der Waals surface area contributed by atoms with Crippen molar-refractivity contribution in [3.63, 3.8) is 0 Å². The van der Waals surface area contributed by atoms with Gasteiger partial charge >= 0.3 is 0 Å². The number of hydrogen-bond donors (Lipinski definition) is 21. The van der Waals surface area contributed by atoms with Crippen LogP contribution in [0.15, 0.2) is 0 Å². The smallest absolute Gasteiger partial charge is 0.217 e. The largest absolute Gasteiger partial charge is 0.394 e. The molecule has 0 aromatic heterocycles. The summed E-state index contributed by atoms with van der Waals surface area (Å²) in [4.78, 5) is 37.8. The lowest BCUT2D eigenvalue weighted by Crippen LogP contribution is -2.70. The van der Waals surface area contributed by atoms with Crippen LogP contribution in [0.4, 0.5) is 0 Å². The average molecular weight is 1240 g/mol. The van der Waals surface area contributed by atoms with Crippen LogP contribution in [0.2, 0.25) is 0 Å². The SMILES string of the molecule is CC(=O)N[C@H]1[C@H](O[C@H]2[C@H](O)[C@@H](CO)O[C@@H](OC[C@H]3OC(O)[C@H](NC(C)=O)[C@@H](O[C@@H]4O[C@H](CO)[C@H](O)[C@H](O[C@@H]5O[C@H](CO)[C@H](O)[C@H](O)[C@H]5O[C@@H]5O[C@@H](C)[C@@H](O)[C@@H](O)[C@@H]5O)[C@H]4O[C@@H]4O[C@@H](C)[C@@H](O)[C@@H](O)[C@@H]4O)[C@H]3O)[C@@H]2NC(C)=O)O[C@H](CO)[C@@H](O)[C@@H]1O. The van der Waals surface area contributed by atoms with Crippen molar-refractivity contribution in [3.8, 4) is 0 Å². The molecule has 7 aliphatic heterocycles. The lowest BCUT2D eigenvalue weighted by atomic mass is 9.94. The minimum Gasteiger partial charge on any atom is -0.394 e. The van der Waals surface area contributed by atoms with Crippen molar-refractivity contribution in [2.24, 2.45) is 0 Å². The second-order valence-electron chi connectivity index (χ2n) is 21.8. The van der Waals surface area contributed by atoms with Gasteiger partial charge in [0.1, 0.15) is 159 Å². The van der Waals surface area contributed by atoms with E-state index in [1.807, 2.05) is 0 Å². The topological polar surface area (TPSA) is 571 Å². The van der Waals surface area contributed by atoms with Gasteiger partial charge in [-0.3, -0.25) is 14.4 Å². The van der Waals surface area contributed by atoms with Gasteiger partial charge in [0.25, 0.3) is 0 Å². The Morgan fingerprint density at radius 2 is 0.694 bits per heavy atom. The highest BCUT2D eigenvalue weighted by molar-refractivity contribution is 5.74. The summed E-state index contributed by atoms with van der Waals surface area (Å²) in [7, 11) is 0. The zero-order valence-electron chi connectivity index (χ0n) is 46.3. The summed E-state index contributed by atoms with van der Waals surface area (Å²) in [5.41, 5.74) is 0. The molecule has 7 saturated heterocycles. The third-order valence-corrected chi connectivity index (χ3v) is 15.7. The van der Waals surface area contributed by atoms with E-state index < -0.39 is 266 Å². The van der Waals surface area contributed by atoms with Crippen molar-refractivity contribution in [1.82, 2.24) is 16.0 Å². The molecule has 0 radical (unpaired) electrons. The summed E-state index contributed by atoms with van der Waals surface area (Å²) >= 11 is 0. The summed E-state index contributed by atoms with van der Waals surface area (Å²) in [5, 5.41) is 204. The number of aliphatic hydroxyl groups is 18. The molecule has 0 saturated carbocycles. The van der Waals surface area contributed by atoms with Crippen LogP contribution in [0.3, 0.4) is 0 Å². The first-order chi connectivity index (χ1) is 40.1. The van der Waals surface area contributed by atoms with Gasteiger partial charge in [-0.2, -0.15) is 0 Å². The van der Waals surface area contributed by atoms with Gasteiger partial charge < -0.3 is 169 Å². The van der Waals surface area contributed by atoms with Crippen LogP contribution in [0, 0.1) is 0 Å². The molecule has 37 nitrogen and oxygen atoms in total. The van der Waals surface area contributed by atoms with Gasteiger partial charge in [-0.05, 0) is 13.8 Å². The Bertz CT molecular complexity index is 2150. The number of ether oxygens (including phenoxy) is 13. The Labute approximate surface area is 483 Å². The Kier molecular flexibility index (Phi) is 24.5. The van der Waals surface area contributed by atoms with Crippen LogP contribution in [0.5, 0.6) is 0 Å². The number of nitrogens with one attached hydrogen (secondary N) is 3. The summed E-state index contributed by atoms with van der Waals surface area (Å²) in [6.07, 6.45) is -61.0. The first-order valence-corrected chi connectivity index (χ1v) is 27.3. The highest BCUT2D eigenvalue weighted by Gasteiger charge is 2.59. The molecule has 1 unspecified atom stereocenters. The van der Waals surface area contributed by atoms with Gasteiger partial charge in [0.05, 0.1) is 45.2 Å². The molecule has 7 rings (SSSR count). The monoisotopic (exact) mass is 1240 g/mol. The number of aliphatic hydroxyl groups excluding tert-OH is 18. The number of amides is 3. The fourth-order valence-electron chi connectivity index (χ4n) is 10.9. The van der Waals surface area contributed by atoms with Crippen molar-refractivity contribution < 1.29 is 168 Å². The van der Waals surface area contributed by atoms with Gasteiger partial charge in [0.2, 0.25) is 17.7 Å². The van der Waals surface area contributed by atoms with Crippen molar-refractivity contribution in [3.05, 3.63) is 0 Å². The molecule has 0 aromatic carbocycles. The molecule has 0 aliphatic carbocycles. The van der Waals surface area contributed by atoms with Crippen molar-refractivity contribution in [1.29, 1.82) is 0 Å². The van der Waals surface area contributed by atoms with Crippen molar-refractivity contribution >= 4 is 17.7 Å². The summed E-state index contributed by atoms with van der Waals surface area (Å²) in [6, 6.07) is -5.09. The van der Waals surface area contributed by atoms with Crippen LogP contribution in [-0.2, 0) is 76.0 Å². The summed E-state index contributed by atoms with van der Waals surface area (Å²) in [5.74, 6) is -2.45. The van der Waals surface area contributed by atoms with Crippen LogP contribution in [0.25, 0.3) is 0 Å². The minimum absolute atomic E-state index is 0.752. The van der Waals surface area contributed by atoms with Crippen molar-refractivity contribution in [2.45, 2.75) is 249 Å². The molecular formula is C48H81N3O34. The zero-order chi connectivity index (χ0) is 62.8. The molecule has 0 bridgehead atoms. The Morgan fingerprint density at radius 1 is 0.329 bits per heavy atom. The van der Waals surface area contributed by atoms with E-state index in [4.69, 9.17) is 61.6 Å². The lowest BCUT2D eigenvalue weighted by Gasteiger charge is -2.51. The molecule has 85 heavy (non-hydrogen) atoms. The molecule has 37 heteroatoms. The molecular weight excluding hydrogens is 1160 g/mol. The van der Waals surface area contributed by atoms with Gasteiger partial charge in [-0.15, -0.1) is 0 Å². The fourth-order valence-corrected chi connectivity index (χ4v) is 10.9. The Balaban J connectivity index is 1.22. The molecule has 0 aromatic rings. The maximum Gasteiger partial charge on any atom is 0.217 e. The van der Waals surface area contributed by atoms with E-state index >= 15 is 0 Å². The van der Waals surface area contributed by atoms with E-state index in [0.29, 0.717) is 0 Å². The second kappa shape index (κ2) is 29.9. The molecule has 35 atom stereocenters.